The maximum atomic E-state index is 13.5. The van der Waals surface area contributed by atoms with Crippen LogP contribution in [0.4, 0.5) is 0 Å². The van der Waals surface area contributed by atoms with Crippen LogP contribution in [0, 0.1) is 11.8 Å². The Balaban J connectivity index is 2.99. The number of ether oxygens (including phenoxy) is 1. The minimum absolute atomic E-state index is 0.00435. The lowest BCUT2D eigenvalue weighted by molar-refractivity contribution is -0.133. The van der Waals surface area contributed by atoms with Crippen molar-refractivity contribution in [3.63, 3.8) is 0 Å². The van der Waals surface area contributed by atoms with E-state index in [1.807, 2.05) is 57.1 Å². The number of hydrogen-bond donors (Lipinski definition) is 2. The first-order chi connectivity index (χ1) is 17.6. The molecule has 0 fully saturated rings. The van der Waals surface area contributed by atoms with E-state index in [0.29, 0.717) is 19.4 Å². The number of rotatable bonds is 19. The molecule has 0 spiro atoms. The van der Waals surface area contributed by atoms with Gasteiger partial charge in [-0.2, -0.15) is 0 Å². The van der Waals surface area contributed by atoms with Gasteiger partial charge in [0, 0.05) is 25.3 Å². The fraction of sp³-hybridized carbons (Fsp3) is 0.655. The van der Waals surface area contributed by atoms with Gasteiger partial charge < -0.3 is 20.3 Å². The van der Waals surface area contributed by atoms with Crippen LogP contribution < -0.4 is 15.4 Å². The molecule has 0 aliphatic heterocycles. The number of nitrogens with one attached hydrogen (secondary N) is 2. The van der Waals surface area contributed by atoms with Crippen molar-refractivity contribution in [1.29, 1.82) is 0 Å². The maximum Gasteiger partial charge on any atom is 0.224 e. The Bertz CT molecular complexity index is 854. The summed E-state index contributed by atoms with van der Waals surface area (Å²) in [5.74, 6) is -0.649. The molecule has 8 nitrogen and oxygen atoms in total. The van der Waals surface area contributed by atoms with Crippen molar-refractivity contribution in [3.05, 3.63) is 29.8 Å². The van der Waals surface area contributed by atoms with Crippen molar-refractivity contribution in [2.75, 3.05) is 33.8 Å². The topological polar surface area (TPSA) is 105 Å². The van der Waals surface area contributed by atoms with E-state index in [9.17, 15) is 19.2 Å². The van der Waals surface area contributed by atoms with Crippen LogP contribution in [0.2, 0.25) is 0 Å². The molecule has 3 atom stereocenters. The Morgan fingerprint density at radius 2 is 1.70 bits per heavy atom. The molecule has 0 saturated carbocycles. The van der Waals surface area contributed by atoms with Crippen LogP contribution in [0.3, 0.4) is 0 Å². The molecule has 1 rings (SSSR count). The molecule has 8 heteroatoms. The fourth-order valence-corrected chi connectivity index (χ4v) is 3.89. The zero-order valence-electron chi connectivity index (χ0n) is 23.6. The second-order valence-corrected chi connectivity index (χ2v) is 10.2. The minimum Gasteiger partial charge on any atom is -0.492 e. The van der Waals surface area contributed by atoms with E-state index in [1.54, 1.807) is 0 Å². The van der Waals surface area contributed by atoms with Crippen molar-refractivity contribution in [2.45, 2.75) is 78.7 Å². The largest absolute Gasteiger partial charge is 0.492 e. The molecule has 0 saturated heterocycles. The fourth-order valence-electron chi connectivity index (χ4n) is 3.89. The number of Topliss-reactive ketones (excluding diaryl/α,β-unsaturated/α-hetero) is 2. The first-order valence-corrected chi connectivity index (χ1v) is 13.5. The summed E-state index contributed by atoms with van der Waals surface area (Å²) in [6.45, 7) is 8.70. The van der Waals surface area contributed by atoms with Crippen molar-refractivity contribution in [3.8, 4) is 5.75 Å². The van der Waals surface area contributed by atoms with Gasteiger partial charge in [-0.1, -0.05) is 52.2 Å². The second kappa shape index (κ2) is 17.7. The molecule has 0 aliphatic carbocycles. The van der Waals surface area contributed by atoms with Crippen LogP contribution in [0.5, 0.6) is 5.75 Å². The van der Waals surface area contributed by atoms with Crippen LogP contribution in [0.15, 0.2) is 24.3 Å². The highest BCUT2D eigenvalue weighted by atomic mass is 16.5. The SMILES string of the molecule is CCCCCC(=O)NC(Cc1ccc(OCCN(C)C)cc1)C(=O)CC(C(=O)NCC(C)=O)C(C)CC. The second-order valence-electron chi connectivity index (χ2n) is 10.2. The summed E-state index contributed by atoms with van der Waals surface area (Å²) in [5.41, 5.74) is 0.897. The Morgan fingerprint density at radius 3 is 2.27 bits per heavy atom. The standard InChI is InChI=1S/C29H47N3O5/c1-7-9-10-11-28(35)31-26(18-23-12-14-24(15-13-23)37-17-16-32(5)6)27(34)19-25(21(3)8-2)29(36)30-20-22(4)33/h12-15,21,25-26H,7-11,16-20H2,1-6H3,(H,30,36)(H,31,35). The predicted octanol–water partition coefficient (Wildman–Crippen LogP) is 3.56. The van der Waals surface area contributed by atoms with Crippen molar-refractivity contribution in [1.82, 2.24) is 15.5 Å². The predicted molar refractivity (Wildman–Crippen MR) is 147 cm³/mol. The quantitative estimate of drug-likeness (QED) is 0.272. The van der Waals surface area contributed by atoms with Gasteiger partial charge in [0.25, 0.3) is 0 Å². The molecule has 3 unspecified atom stereocenters. The lowest BCUT2D eigenvalue weighted by atomic mass is 9.84. The Morgan fingerprint density at radius 1 is 1.03 bits per heavy atom. The molecule has 0 radical (unpaired) electrons. The number of hydrogen-bond acceptors (Lipinski definition) is 6. The normalized spacial score (nSPS) is 13.5. The van der Waals surface area contributed by atoms with Gasteiger partial charge in [0.1, 0.15) is 18.1 Å². The molecule has 208 valence electrons. The molecule has 1 aromatic rings. The molecule has 2 N–H and O–H groups in total. The van der Waals surface area contributed by atoms with Gasteiger partial charge in [-0.15, -0.1) is 0 Å². The van der Waals surface area contributed by atoms with Gasteiger partial charge in [-0.3, -0.25) is 19.2 Å². The Kier molecular flexibility index (Phi) is 15.4. The first-order valence-electron chi connectivity index (χ1n) is 13.5. The van der Waals surface area contributed by atoms with Crippen LogP contribution in [-0.2, 0) is 25.6 Å². The summed E-state index contributed by atoms with van der Waals surface area (Å²) in [6.07, 6.45) is 4.14. The first kappa shape index (κ1) is 32.3. The summed E-state index contributed by atoms with van der Waals surface area (Å²) >= 11 is 0. The lowest BCUT2D eigenvalue weighted by Crippen LogP contribution is -2.45. The van der Waals surface area contributed by atoms with Crippen LogP contribution in [0.25, 0.3) is 0 Å². The highest BCUT2D eigenvalue weighted by Crippen LogP contribution is 2.22. The van der Waals surface area contributed by atoms with Gasteiger partial charge >= 0.3 is 0 Å². The third kappa shape index (κ3) is 13.4. The van der Waals surface area contributed by atoms with E-state index in [-0.39, 0.29) is 42.3 Å². The summed E-state index contributed by atoms with van der Waals surface area (Å²) in [7, 11) is 3.97. The number of unbranched alkanes of at least 4 members (excludes halogenated alkanes) is 2. The Hall–Kier alpha value is -2.74. The number of carbonyl (C=O) groups is 4. The van der Waals surface area contributed by atoms with Gasteiger partial charge in [0.05, 0.1) is 12.6 Å². The smallest absolute Gasteiger partial charge is 0.224 e. The third-order valence-electron chi connectivity index (χ3n) is 6.50. The molecule has 37 heavy (non-hydrogen) atoms. The van der Waals surface area contributed by atoms with E-state index >= 15 is 0 Å². The van der Waals surface area contributed by atoms with Gasteiger partial charge in [0.2, 0.25) is 11.8 Å². The van der Waals surface area contributed by atoms with Gasteiger partial charge in [0.15, 0.2) is 5.78 Å². The summed E-state index contributed by atoms with van der Waals surface area (Å²) in [5, 5.41) is 5.58. The van der Waals surface area contributed by atoms with E-state index < -0.39 is 12.0 Å². The Labute approximate surface area is 222 Å². The zero-order valence-corrected chi connectivity index (χ0v) is 23.6. The molecule has 0 heterocycles. The van der Waals surface area contributed by atoms with Gasteiger partial charge in [-0.05, 0) is 57.5 Å². The number of benzene rings is 1. The molecule has 0 aliphatic rings. The monoisotopic (exact) mass is 517 g/mol. The molecule has 0 aromatic heterocycles. The highest BCUT2D eigenvalue weighted by Gasteiger charge is 2.30. The summed E-state index contributed by atoms with van der Waals surface area (Å²) in [4.78, 5) is 52.3. The lowest BCUT2D eigenvalue weighted by Gasteiger charge is -2.25. The van der Waals surface area contributed by atoms with Crippen molar-refractivity contribution in [2.24, 2.45) is 11.8 Å². The summed E-state index contributed by atoms with van der Waals surface area (Å²) < 4.78 is 5.75. The highest BCUT2D eigenvalue weighted by molar-refractivity contribution is 5.93. The molecule has 2 amide bonds. The van der Waals surface area contributed by atoms with E-state index in [4.69, 9.17) is 4.74 Å². The maximum absolute atomic E-state index is 13.5. The summed E-state index contributed by atoms with van der Waals surface area (Å²) in [6, 6.07) is 6.81. The van der Waals surface area contributed by atoms with E-state index in [2.05, 4.69) is 17.6 Å². The minimum atomic E-state index is -0.734. The number of ketones is 2. The van der Waals surface area contributed by atoms with Crippen LogP contribution in [-0.4, -0.2) is 68.1 Å². The molecular weight excluding hydrogens is 470 g/mol. The van der Waals surface area contributed by atoms with Gasteiger partial charge in [-0.25, -0.2) is 0 Å². The van der Waals surface area contributed by atoms with E-state index in [1.165, 1.54) is 6.92 Å². The van der Waals surface area contributed by atoms with E-state index in [0.717, 1.165) is 43.5 Å². The number of likely N-dealkylation sites (N-methyl/N-ethyl adjacent to an activating group) is 1. The average Bonchev–Trinajstić information content (AvgIpc) is 2.85. The number of carbonyl (C=O) groups excluding carboxylic acids is 4. The number of nitrogens with zero attached hydrogens (tertiary/aromatic N) is 1. The van der Waals surface area contributed by atoms with Crippen LogP contribution >= 0.6 is 0 Å². The molecule has 0 bridgehead atoms. The zero-order chi connectivity index (χ0) is 27.8. The van der Waals surface area contributed by atoms with Crippen molar-refractivity contribution >= 4 is 23.4 Å². The molecule has 1 aromatic carbocycles. The molecular formula is C29H47N3O5. The van der Waals surface area contributed by atoms with Crippen LogP contribution in [0.1, 0.15) is 71.8 Å². The number of amides is 2. The van der Waals surface area contributed by atoms with Crippen molar-refractivity contribution < 1.29 is 23.9 Å². The average molecular weight is 518 g/mol. The third-order valence-corrected chi connectivity index (χ3v) is 6.50.